The second-order valence-corrected chi connectivity index (χ2v) is 5.93. The molecule has 0 aliphatic heterocycles. The first-order chi connectivity index (χ1) is 8.81. The molecule has 19 heavy (non-hydrogen) atoms. The van der Waals surface area contributed by atoms with Gasteiger partial charge in [0.25, 0.3) is 5.91 Å². The monoisotopic (exact) mass is 329 g/mol. The molecule has 6 heteroatoms. The number of aryl methyl sites for hydroxylation is 1. The van der Waals surface area contributed by atoms with Gasteiger partial charge >= 0.3 is 0 Å². The van der Waals surface area contributed by atoms with E-state index >= 15 is 0 Å². The first kappa shape index (κ1) is 15.8. The number of rotatable bonds is 5. The van der Waals surface area contributed by atoms with E-state index < -0.39 is 0 Å². The molecule has 0 atom stereocenters. The summed E-state index contributed by atoms with van der Waals surface area (Å²) in [6.07, 6.45) is 1.81. The summed E-state index contributed by atoms with van der Waals surface area (Å²) in [7, 11) is 3.42. The summed E-state index contributed by atoms with van der Waals surface area (Å²) in [4.78, 5) is 25.2. The van der Waals surface area contributed by atoms with E-state index in [2.05, 4.69) is 21.2 Å². The minimum atomic E-state index is -0.173. The van der Waals surface area contributed by atoms with Gasteiger partial charge in [0, 0.05) is 31.3 Å². The van der Waals surface area contributed by atoms with Crippen molar-refractivity contribution in [3.63, 3.8) is 0 Å². The van der Waals surface area contributed by atoms with Gasteiger partial charge in [-0.1, -0.05) is 13.8 Å². The molecule has 2 amide bonds. The number of amides is 2. The maximum absolute atomic E-state index is 12.2. The molecule has 0 spiro atoms. The lowest BCUT2D eigenvalue weighted by Gasteiger charge is -2.17. The van der Waals surface area contributed by atoms with E-state index in [-0.39, 0.29) is 18.4 Å². The minimum Gasteiger partial charge on any atom is -0.354 e. The predicted octanol–water partition coefficient (Wildman–Crippen LogP) is 1.63. The fourth-order valence-electron chi connectivity index (χ4n) is 1.59. The molecule has 0 radical (unpaired) electrons. The normalized spacial score (nSPS) is 10.6. The highest BCUT2D eigenvalue weighted by Gasteiger charge is 2.18. The summed E-state index contributed by atoms with van der Waals surface area (Å²) >= 11 is 3.32. The molecule has 106 valence electrons. The van der Waals surface area contributed by atoms with E-state index in [4.69, 9.17) is 0 Å². The Kier molecular flexibility index (Phi) is 5.60. The van der Waals surface area contributed by atoms with Crippen LogP contribution < -0.4 is 5.32 Å². The molecule has 1 N–H and O–H groups in total. The highest BCUT2D eigenvalue weighted by atomic mass is 79.9. The van der Waals surface area contributed by atoms with Crippen LogP contribution in [-0.4, -0.2) is 41.4 Å². The van der Waals surface area contributed by atoms with Gasteiger partial charge in [-0.3, -0.25) is 9.59 Å². The molecule has 0 aliphatic rings. The summed E-state index contributed by atoms with van der Waals surface area (Å²) in [5.41, 5.74) is 0.547. The van der Waals surface area contributed by atoms with Crippen molar-refractivity contribution in [1.29, 1.82) is 0 Å². The van der Waals surface area contributed by atoms with Gasteiger partial charge in [-0.05, 0) is 27.9 Å². The third-order valence-corrected chi connectivity index (χ3v) is 3.06. The minimum absolute atomic E-state index is 0.0638. The molecule has 0 fully saturated rings. The largest absolute Gasteiger partial charge is 0.354 e. The summed E-state index contributed by atoms with van der Waals surface area (Å²) in [6.45, 7) is 4.73. The number of hydrogen-bond donors (Lipinski definition) is 1. The number of carbonyl (C=O) groups excluding carboxylic acids is 2. The Balaban J connectivity index is 2.58. The number of carbonyl (C=O) groups is 2. The van der Waals surface area contributed by atoms with Crippen LogP contribution in [0.5, 0.6) is 0 Å². The number of likely N-dealkylation sites (N-methyl/N-ethyl adjacent to an activating group) is 1. The Hall–Kier alpha value is -1.30. The van der Waals surface area contributed by atoms with Crippen LogP contribution in [0.4, 0.5) is 0 Å². The molecule has 0 bridgehead atoms. The summed E-state index contributed by atoms with van der Waals surface area (Å²) in [6, 6.07) is 1.74. The van der Waals surface area contributed by atoms with Crippen LogP contribution >= 0.6 is 15.9 Å². The molecular weight excluding hydrogens is 310 g/mol. The number of hydrogen-bond acceptors (Lipinski definition) is 2. The van der Waals surface area contributed by atoms with Crippen molar-refractivity contribution in [2.45, 2.75) is 13.8 Å². The summed E-state index contributed by atoms with van der Waals surface area (Å²) < 4.78 is 2.57. The van der Waals surface area contributed by atoms with Crippen LogP contribution in [0.3, 0.4) is 0 Å². The van der Waals surface area contributed by atoms with E-state index in [0.29, 0.717) is 18.2 Å². The van der Waals surface area contributed by atoms with Crippen LogP contribution in [0.15, 0.2) is 16.7 Å². The zero-order valence-electron chi connectivity index (χ0n) is 11.7. The van der Waals surface area contributed by atoms with Gasteiger partial charge in [0.2, 0.25) is 5.91 Å². The fourth-order valence-corrected chi connectivity index (χ4v) is 2.12. The molecule has 5 nitrogen and oxygen atoms in total. The van der Waals surface area contributed by atoms with Crippen LogP contribution in [0.1, 0.15) is 24.3 Å². The number of nitrogens with one attached hydrogen (secondary N) is 1. The van der Waals surface area contributed by atoms with Gasteiger partial charge < -0.3 is 14.8 Å². The standard InChI is InChI=1S/C13H20BrN3O2/c1-9(2)6-15-12(18)8-17(4)13(19)11-5-10(14)7-16(11)3/h5,7,9H,6,8H2,1-4H3,(H,15,18). The smallest absolute Gasteiger partial charge is 0.270 e. The van der Waals surface area contributed by atoms with E-state index in [1.54, 1.807) is 30.9 Å². The van der Waals surface area contributed by atoms with Gasteiger partial charge in [-0.25, -0.2) is 0 Å². The molecule has 0 saturated carbocycles. The number of aromatic nitrogens is 1. The Morgan fingerprint density at radius 2 is 2.11 bits per heavy atom. The first-order valence-corrected chi connectivity index (χ1v) is 6.94. The topological polar surface area (TPSA) is 54.3 Å². The third-order valence-electron chi connectivity index (χ3n) is 2.63. The Morgan fingerprint density at radius 1 is 1.47 bits per heavy atom. The van der Waals surface area contributed by atoms with Crippen molar-refractivity contribution in [1.82, 2.24) is 14.8 Å². The molecule has 1 aromatic heterocycles. The molecule has 0 aliphatic carbocycles. The molecular formula is C13H20BrN3O2. The average molecular weight is 330 g/mol. The zero-order valence-corrected chi connectivity index (χ0v) is 13.3. The highest BCUT2D eigenvalue weighted by Crippen LogP contribution is 2.14. The molecule has 0 aromatic carbocycles. The first-order valence-electron chi connectivity index (χ1n) is 6.15. The van der Waals surface area contributed by atoms with Gasteiger partial charge in [-0.2, -0.15) is 0 Å². The van der Waals surface area contributed by atoms with E-state index in [1.165, 1.54) is 4.90 Å². The highest BCUT2D eigenvalue weighted by molar-refractivity contribution is 9.10. The fraction of sp³-hybridized carbons (Fsp3) is 0.538. The van der Waals surface area contributed by atoms with E-state index in [0.717, 1.165) is 4.47 Å². The number of nitrogens with zero attached hydrogens (tertiary/aromatic N) is 2. The zero-order chi connectivity index (χ0) is 14.6. The van der Waals surface area contributed by atoms with Crippen LogP contribution in [0.25, 0.3) is 0 Å². The SMILES string of the molecule is CC(C)CNC(=O)CN(C)C(=O)c1cc(Br)cn1C. The Labute approximate surface area is 122 Å². The molecule has 1 aromatic rings. The van der Waals surface area contributed by atoms with Crippen molar-refractivity contribution in [3.05, 3.63) is 22.4 Å². The molecule has 1 rings (SSSR count). The quantitative estimate of drug-likeness (QED) is 0.892. The van der Waals surface area contributed by atoms with Crippen LogP contribution in [0, 0.1) is 5.92 Å². The summed E-state index contributed by atoms with van der Waals surface area (Å²) in [5, 5.41) is 2.79. The maximum atomic E-state index is 12.2. The lowest BCUT2D eigenvalue weighted by atomic mass is 10.2. The van der Waals surface area contributed by atoms with Gasteiger partial charge in [-0.15, -0.1) is 0 Å². The van der Waals surface area contributed by atoms with Crippen LogP contribution in [0.2, 0.25) is 0 Å². The van der Waals surface area contributed by atoms with Crippen molar-refractivity contribution in [2.24, 2.45) is 13.0 Å². The Morgan fingerprint density at radius 3 is 2.58 bits per heavy atom. The van der Waals surface area contributed by atoms with E-state index in [9.17, 15) is 9.59 Å². The van der Waals surface area contributed by atoms with Crippen molar-refractivity contribution in [2.75, 3.05) is 20.1 Å². The lowest BCUT2D eigenvalue weighted by molar-refractivity contribution is -0.121. The Bertz CT molecular complexity index is 468. The second kappa shape index (κ2) is 6.75. The van der Waals surface area contributed by atoms with Crippen molar-refractivity contribution >= 4 is 27.7 Å². The van der Waals surface area contributed by atoms with E-state index in [1.807, 2.05) is 13.8 Å². The molecule has 1 heterocycles. The summed E-state index contributed by atoms with van der Waals surface area (Å²) in [5.74, 6) is 0.0829. The maximum Gasteiger partial charge on any atom is 0.270 e. The third kappa shape index (κ3) is 4.70. The average Bonchev–Trinajstić information content (AvgIpc) is 2.64. The number of halogens is 1. The van der Waals surface area contributed by atoms with Crippen LogP contribution in [-0.2, 0) is 11.8 Å². The van der Waals surface area contributed by atoms with Gasteiger partial charge in [0.05, 0.1) is 6.54 Å². The predicted molar refractivity (Wildman–Crippen MR) is 77.9 cm³/mol. The molecule has 0 unspecified atom stereocenters. The lowest BCUT2D eigenvalue weighted by Crippen LogP contribution is -2.39. The van der Waals surface area contributed by atoms with Gasteiger partial charge in [0.1, 0.15) is 5.69 Å². The van der Waals surface area contributed by atoms with Crippen molar-refractivity contribution < 1.29 is 9.59 Å². The van der Waals surface area contributed by atoms with Gasteiger partial charge in [0.15, 0.2) is 0 Å². The molecule has 0 saturated heterocycles. The van der Waals surface area contributed by atoms with Crippen molar-refractivity contribution in [3.8, 4) is 0 Å². The second-order valence-electron chi connectivity index (χ2n) is 5.01.